The van der Waals surface area contributed by atoms with E-state index in [1.807, 2.05) is 7.05 Å². The fraction of sp³-hybridized carbons (Fsp3) is 0.611. The molecule has 1 aliphatic rings. The molecule has 0 spiro atoms. The van der Waals surface area contributed by atoms with Crippen LogP contribution >= 0.6 is 0 Å². The van der Waals surface area contributed by atoms with Gasteiger partial charge in [-0.1, -0.05) is 23.8 Å². The maximum absolute atomic E-state index is 12.1. The molecule has 1 unspecified atom stereocenters. The van der Waals surface area contributed by atoms with Crippen LogP contribution in [0.2, 0.25) is 0 Å². The van der Waals surface area contributed by atoms with Crippen LogP contribution in [0.3, 0.4) is 0 Å². The van der Waals surface area contributed by atoms with Gasteiger partial charge in [-0.25, -0.2) is 4.79 Å². The fourth-order valence-corrected chi connectivity index (χ4v) is 2.88. The molecule has 1 aromatic carbocycles. The molecule has 122 valence electrons. The van der Waals surface area contributed by atoms with E-state index in [1.54, 1.807) is 4.90 Å². The lowest BCUT2D eigenvalue weighted by Gasteiger charge is -2.19. The lowest BCUT2D eigenvalue weighted by molar-refractivity contribution is 0.100. The Morgan fingerprint density at radius 1 is 1.41 bits per heavy atom. The molecule has 22 heavy (non-hydrogen) atoms. The van der Waals surface area contributed by atoms with E-state index >= 15 is 0 Å². The summed E-state index contributed by atoms with van der Waals surface area (Å²) in [6.07, 6.45) is 4.80. The van der Waals surface area contributed by atoms with Crippen LogP contribution in [-0.4, -0.2) is 37.2 Å². The van der Waals surface area contributed by atoms with Crippen LogP contribution in [0, 0.1) is 13.8 Å². The Hall–Kier alpha value is -1.55. The Morgan fingerprint density at radius 2 is 2.23 bits per heavy atom. The molecule has 1 fully saturated rings. The van der Waals surface area contributed by atoms with Gasteiger partial charge in [0.1, 0.15) is 0 Å². The van der Waals surface area contributed by atoms with Crippen molar-refractivity contribution in [2.75, 3.05) is 20.2 Å². The van der Waals surface area contributed by atoms with Crippen molar-refractivity contribution in [3.63, 3.8) is 0 Å². The van der Waals surface area contributed by atoms with Gasteiger partial charge >= 0.3 is 6.03 Å². The number of carbonyl (C=O) groups is 1. The molecule has 1 saturated heterocycles. The molecular formula is C18H28N2O2. The van der Waals surface area contributed by atoms with E-state index in [1.165, 1.54) is 29.5 Å². The van der Waals surface area contributed by atoms with Crippen molar-refractivity contribution in [1.82, 2.24) is 10.2 Å². The smallest absolute Gasteiger partial charge is 0.317 e. The Balaban J connectivity index is 1.69. The zero-order valence-corrected chi connectivity index (χ0v) is 14.0. The van der Waals surface area contributed by atoms with Crippen molar-refractivity contribution in [2.45, 2.75) is 52.2 Å². The fourth-order valence-electron chi connectivity index (χ4n) is 2.88. The minimum absolute atomic E-state index is 0.00712. The number of rotatable bonds is 6. The molecular weight excluding hydrogens is 276 g/mol. The van der Waals surface area contributed by atoms with Gasteiger partial charge in [-0.3, -0.25) is 0 Å². The number of aryl methyl sites for hydroxylation is 2. The number of hydrogen-bond donors (Lipinski definition) is 1. The van der Waals surface area contributed by atoms with Crippen LogP contribution in [0.15, 0.2) is 18.2 Å². The van der Waals surface area contributed by atoms with E-state index in [2.05, 4.69) is 37.4 Å². The van der Waals surface area contributed by atoms with Crippen LogP contribution in [0.25, 0.3) is 0 Å². The predicted molar refractivity (Wildman–Crippen MR) is 89.0 cm³/mol. The highest BCUT2D eigenvalue weighted by Crippen LogP contribution is 2.16. The molecule has 1 heterocycles. The molecule has 1 N–H and O–H groups in total. The highest BCUT2D eigenvalue weighted by Gasteiger charge is 2.16. The number of hydrogen-bond acceptors (Lipinski definition) is 2. The van der Waals surface area contributed by atoms with Crippen LogP contribution < -0.4 is 5.32 Å². The summed E-state index contributed by atoms with van der Waals surface area (Å²) in [6, 6.07) is 6.31. The van der Waals surface area contributed by atoms with Gasteiger partial charge in [-0.15, -0.1) is 0 Å². The summed E-state index contributed by atoms with van der Waals surface area (Å²) in [4.78, 5) is 13.9. The zero-order valence-electron chi connectivity index (χ0n) is 14.0. The Morgan fingerprint density at radius 3 is 2.91 bits per heavy atom. The van der Waals surface area contributed by atoms with E-state index in [0.29, 0.717) is 12.6 Å². The second kappa shape index (κ2) is 8.18. The van der Waals surface area contributed by atoms with E-state index in [4.69, 9.17) is 4.74 Å². The van der Waals surface area contributed by atoms with E-state index in [9.17, 15) is 4.79 Å². The second-order valence-corrected chi connectivity index (χ2v) is 6.29. The third-order valence-electron chi connectivity index (χ3n) is 4.32. The first-order valence-electron chi connectivity index (χ1n) is 8.23. The maximum Gasteiger partial charge on any atom is 0.317 e. The molecule has 1 aromatic rings. The van der Waals surface area contributed by atoms with E-state index in [-0.39, 0.29) is 6.03 Å². The molecule has 2 amide bonds. The molecule has 1 aliphatic heterocycles. The zero-order chi connectivity index (χ0) is 15.9. The predicted octanol–water partition coefficient (Wildman–Crippen LogP) is 3.40. The minimum Gasteiger partial charge on any atom is -0.378 e. The van der Waals surface area contributed by atoms with Gasteiger partial charge in [0.05, 0.1) is 6.10 Å². The average Bonchev–Trinajstić information content (AvgIpc) is 2.99. The lowest BCUT2D eigenvalue weighted by Crippen LogP contribution is -2.37. The largest absolute Gasteiger partial charge is 0.378 e. The van der Waals surface area contributed by atoms with Crippen molar-refractivity contribution in [1.29, 1.82) is 0 Å². The van der Waals surface area contributed by atoms with Crippen LogP contribution in [0.1, 0.15) is 42.4 Å². The third-order valence-corrected chi connectivity index (χ3v) is 4.32. The topological polar surface area (TPSA) is 41.6 Å². The molecule has 4 nitrogen and oxygen atoms in total. The summed E-state index contributed by atoms with van der Waals surface area (Å²) in [5.74, 6) is 0. The van der Waals surface area contributed by atoms with Gasteiger partial charge in [0, 0.05) is 26.7 Å². The SMILES string of the molecule is Cc1ccc(CNC(=O)N(C)CCCC2CCCO2)c(C)c1. The standard InChI is InChI=1S/C18H28N2O2/c1-14-8-9-16(15(2)12-14)13-19-18(21)20(3)10-4-6-17-7-5-11-22-17/h8-9,12,17H,4-7,10-11,13H2,1-3H3,(H,19,21). The number of nitrogens with one attached hydrogen (secondary N) is 1. The van der Waals surface area contributed by atoms with Crippen molar-refractivity contribution in [3.05, 3.63) is 34.9 Å². The van der Waals surface area contributed by atoms with Crippen molar-refractivity contribution < 1.29 is 9.53 Å². The monoisotopic (exact) mass is 304 g/mol. The van der Waals surface area contributed by atoms with Gasteiger partial charge in [-0.05, 0) is 50.7 Å². The van der Waals surface area contributed by atoms with Crippen molar-refractivity contribution >= 4 is 6.03 Å². The van der Waals surface area contributed by atoms with Gasteiger partial charge in [0.15, 0.2) is 0 Å². The lowest BCUT2D eigenvalue weighted by atomic mass is 10.1. The first-order chi connectivity index (χ1) is 10.6. The van der Waals surface area contributed by atoms with Crippen LogP contribution in [-0.2, 0) is 11.3 Å². The normalized spacial score (nSPS) is 17.5. The quantitative estimate of drug-likeness (QED) is 0.875. The molecule has 0 aliphatic carbocycles. The molecule has 4 heteroatoms. The number of ether oxygens (including phenoxy) is 1. The highest BCUT2D eigenvalue weighted by molar-refractivity contribution is 5.73. The molecule has 0 bridgehead atoms. The van der Waals surface area contributed by atoms with Crippen molar-refractivity contribution in [3.8, 4) is 0 Å². The average molecular weight is 304 g/mol. The first kappa shape index (κ1) is 16.8. The number of amides is 2. The molecule has 1 atom stereocenters. The summed E-state index contributed by atoms with van der Waals surface area (Å²) >= 11 is 0. The van der Waals surface area contributed by atoms with Gasteiger partial charge < -0.3 is 15.0 Å². The summed E-state index contributed by atoms with van der Waals surface area (Å²) in [5.41, 5.74) is 3.65. The Bertz CT molecular complexity index is 496. The second-order valence-electron chi connectivity index (χ2n) is 6.29. The highest BCUT2D eigenvalue weighted by atomic mass is 16.5. The van der Waals surface area contributed by atoms with E-state index < -0.39 is 0 Å². The third kappa shape index (κ3) is 5.02. The Kier molecular flexibility index (Phi) is 6.25. The van der Waals surface area contributed by atoms with E-state index in [0.717, 1.165) is 26.0 Å². The number of carbonyl (C=O) groups excluding carboxylic acids is 1. The van der Waals surface area contributed by atoms with Gasteiger partial charge in [-0.2, -0.15) is 0 Å². The summed E-state index contributed by atoms with van der Waals surface area (Å²) in [7, 11) is 1.85. The first-order valence-corrected chi connectivity index (χ1v) is 8.23. The number of benzene rings is 1. The number of nitrogens with zero attached hydrogens (tertiary/aromatic N) is 1. The molecule has 2 rings (SSSR count). The maximum atomic E-state index is 12.1. The summed E-state index contributed by atoms with van der Waals surface area (Å²) < 4.78 is 5.60. The molecule has 0 radical (unpaired) electrons. The summed E-state index contributed by atoms with van der Waals surface area (Å²) in [5, 5.41) is 2.99. The molecule has 0 aromatic heterocycles. The summed E-state index contributed by atoms with van der Waals surface area (Å²) in [6.45, 7) is 6.42. The Labute approximate surface area is 133 Å². The van der Waals surface area contributed by atoms with Crippen LogP contribution in [0.5, 0.6) is 0 Å². The van der Waals surface area contributed by atoms with Gasteiger partial charge in [0.2, 0.25) is 0 Å². The molecule has 0 saturated carbocycles. The number of urea groups is 1. The van der Waals surface area contributed by atoms with Gasteiger partial charge in [0.25, 0.3) is 0 Å². The van der Waals surface area contributed by atoms with Crippen LogP contribution in [0.4, 0.5) is 4.79 Å². The van der Waals surface area contributed by atoms with Crippen molar-refractivity contribution in [2.24, 2.45) is 0 Å². The minimum atomic E-state index is -0.00712.